The number of pyridine rings is 1. The summed E-state index contributed by atoms with van der Waals surface area (Å²) in [4.78, 5) is 3.83. The van der Waals surface area contributed by atoms with Gasteiger partial charge < -0.3 is 5.73 Å². The van der Waals surface area contributed by atoms with Gasteiger partial charge in [0.1, 0.15) is 4.90 Å². The molecule has 0 fully saturated rings. The summed E-state index contributed by atoms with van der Waals surface area (Å²) in [5.41, 5.74) is 6.42. The van der Waals surface area contributed by atoms with E-state index in [1.807, 2.05) is 0 Å². The Bertz CT molecular complexity index is 698. The molecule has 1 heterocycles. The van der Waals surface area contributed by atoms with Crippen LogP contribution in [0.5, 0.6) is 0 Å². The molecule has 0 aliphatic rings. The first-order valence-corrected chi connectivity index (χ1v) is 7.78. The third kappa shape index (κ3) is 3.40. The summed E-state index contributed by atoms with van der Waals surface area (Å²) in [5.74, 6) is 0. The molecule has 0 aliphatic heterocycles. The number of nitrogens with one attached hydrogen (secondary N) is 1. The molecule has 2 rings (SSSR count). The molecule has 0 aliphatic carbocycles. The molecular weight excluding hydrogens is 321 g/mol. The first-order chi connectivity index (χ1) is 9.40. The lowest BCUT2D eigenvalue weighted by Crippen LogP contribution is -2.24. The number of nitrogens with two attached hydrogens (primary N) is 1. The predicted octanol–water partition coefficient (Wildman–Crippen LogP) is 2.45. The van der Waals surface area contributed by atoms with Crippen molar-refractivity contribution in [3.8, 4) is 0 Å². The standard InChI is InChI=1S/C12H11Cl2N3O2S/c13-10-5-8(15)6-11(14)12(10)20(18,19)17-7-9-3-1-2-4-16-9/h1-6,17H,7,15H2. The monoisotopic (exact) mass is 331 g/mol. The van der Waals surface area contributed by atoms with Crippen molar-refractivity contribution in [3.63, 3.8) is 0 Å². The van der Waals surface area contributed by atoms with Crippen molar-refractivity contribution in [1.82, 2.24) is 9.71 Å². The van der Waals surface area contributed by atoms with Crippen LogP contribution in [0.25, 0.3) is 0 Å². The predicted molar refractivity (Wildman–Crippen MR) is 79.1 cm³/mol. The van der Waals surface area contributed by atoms with Crippen LogP contribution >= 0.6 is 23.2 Å². The summed E-state index contributed by atoms with van der Waals surface area (Å²) in [6.07, 6.45) is 1.58. The van der Waals surface area contributed by atoms with Gasteiger partial charge in [-0.1, -0.05) is 29.3 Å². The van der Waals surface area contributed by atoms with Gasteiger partial charge in [0.15, 0.2) is 0 Å². The van der Waals surface area contributed by atoms with E-state index in [-0.39, 0.29) is 21.5 Å². The number of aromatic nitrogens is 1. The molecule has 8 heteroatoms. The minimum atomic E-state index is -3.85. The van der Waals surface area contributed by atoms with E-state index in [1.54, 1.807) is 24.4 Å². The molecule has 20 heavy (non-hydrogen) atoms. The zero-order chi connectivity index (χ0) is 14.8. The number of benzene rings is 1. The van der Waals surface area contributed by atoms with Gasteiger partial charge in [0.2, 0.25) is 10.0 Å². The van der Waals surface area contributed by atoms with Crippen LogP contribution in [-0.2, 0) is 16.6 Å². The van der Waals surface area contributed by atoms with Crippen molar-refractivity contribution in [2.45, 2.75) is 11.4 Å². The van der Waals surface area contributed by atoms with Crippen LogP contribution in [0.15, 0.2) is 41.4 Å². The van der Waals surface area contributed by atoms with E-state index in [0.29, 0.717) is 11.4 Å². The third-order valence-electron chi connectivity index (χ3n) is 2.46. The SMILES string of the molecule is Nc1cc(Cl)c(S(=O)(=O)NCc2ccccn2)c(Cl)c1. The van der Waals surface area contributed by atoms with Gasteiger partial charge in [-0.3, -0.25) is 4.98 Å². The van der Waals surface area contributed by atoms with Crippen molar-refractivity contribution in [3.05, 3.63) is 52.3 Å². The molecule has 0 saturated heterocycles. The van der Waals surface area contributed by atoms with E-state index in [1.165, 1.54) is 12.1 Å². The Hall–Kier alpha value is -1.34. The second kappa shape index (κ2) is 5.97. The van der Waals surface area contributed by atoms with Gasteiger partial charge in [0, 0.05) is 11.9 Å². The van der Waals surface area contributed by atoms with E-state index >= 15 is 0 Å². The molecule has 0 radical (unpaired) electrons. The van der Waals surface area contributed by atoms with Crippen LogP contribution in [0, 0.1) is 0 Å². The van der Waals surface area contributed by atoms with Crippen molar-refractivity contribution < 1.29 is 8.42 Å². The zero-order valence-electron chi connectivity index (χ0n) is 10.2. The van der Waals surface area contributed by atoms with Crippen molar-refractivity contribution >= 4 is 38.9 Å². The smallest absolute Gasteiger partial charge is 0.243 e. The second-order valence-corrected chi connectivity index (χ2v) is 6.48. The number of nitrogens with zero attached hydrogens (tertiary/aromatic N) is 1. The Morgan fingerprint density at radius 1 is 1.20 bits per heavy atom. The number of rotatable bonds is 4. The summed E-state index contributed by atoms with van der Waals surface area (Å²) in [6.45, 7) is 0.0419. The van der Waals surface area contributed by atoms with Crippen LogP contribution < -0.4 is 10.5 Å². The first kappa shape index (κ1) is 15.1. The highest BCUT2D eigenvalue weighted by Crippen LogP contribution is 2.31. The molecular formula is C12H11Cl2N3O2S. The molecule has 0 amide bonds. The van der Waals surface area contributed by atoms with Crippen LogP contribution in [0.4, 0.5) is 5.69 Å². The molecule has 0 saturated carbocycles. The number of nitrogen functional groups attached to an aromatic ring is 1. The molecule has 2 aromatic rings. The van der Waals surface area contributed by atoms with E-state index < -0.39 is 10.0 Å². The summed E-state index contributed by atoms with van der Waals surface area (Å²) in [7, 11) is -3.85. The fraction of sp³-hybridized carbons (Fsp3) is 0.0833. The highest BCUT2D eigenvalue weighted by molar-refractivity contribution is 7.89. The topological polar surface area (TPSA) is 85.1 Å². The lowest BCUT2D eigenvalue weighted by atomic mass is 10.3. The van der Waals surface area contributed by atoms with E-state index in [9.17, 15) is 8.42 Å². The van der Waals surface area contributed by atoms with Crippen molar-refractivity contribution in [2.75, 3.05) is 5.73 Å². The van der Waals surface area contributed by atoms with Gasteiger partial charge in [-0.2, -0.15) is 0 Å². The Morgan fingerprint density at radius 2 is 1.85 bits per heavy atom. The van der Waals surface area contributed by atoms with Gasteiger partial charge in [0.05, 0.1) is 22.3 Å². The molecule has 5 nitrogen and oxygen atoms in total. The van der Waals surface area contributed by atoms with Crippen LogP contribution in [0.2, 0.25) is 10.0 Å². The molecule has 0 bridgehead atoms. The molecule has 0 spiro atoms. The number of sulfonamides is 1. The quantitative estimate of drug-likeness (QED) is 0.842. The van der Waals surface area contributed by atoms with Crippen LogP contribution in [0.3, 0.4) is 0 Å². The Morgan fingerprint density at radius 3 is 2.40 bits per heavy atom. The van der Waals surface area contributed by atoms with Gasteiger partial charge in [0.25, 0.3) is 0 Å². The second-order valence-electron chi connectivity index (χ2n) is 3.96. The molecule has 1 aromatic carbocycles. The van der Waals surface area contributed by atoms with E-state index in [0.717, 1.165) is 0 Å². The number of halogens is 2. The van der Waals surface area contributed by atoms with E-state index in [2.05, 4.69) is 9.71 Å². The maximum absolute atomic E-state index is 12.2. The van der Waals surface area contributed by atoms with Crippen molar-refractivity contribution in [1.29, 1.82) is 0 Å². The summed E-state index contributed by atoms with van der Waals surface area (Å²) >= 11 is 11.8. The number of anilines is 1. The number of hydrogen-bond donors (Lipinski definition) is 2. The normalized spacial score (nSPS) is 11.5. The summed E-state index contributed by atoms with van der Waals surface area (Å²) in [5, 5.41) is -0.0490. The molecule has 0 atom stereocenters. The fourth-order valence-electron chi connectivity index (χ4n) is 1.58. The first-order valence-electron chi connectivity index (χ1n) is 5.54. The minimum absolute atomic E-state index is 0.0245. The van der Waals surface area contributed by atoms with Gasteiger partial charge in [-0.15, -0.1) is 0 Å². The van der Waals surface area contributed by atoms with Crippen molar-refractivity contribution in [2.24, 2.45) is 0 Å². The minimum Gasteiger partial charge on any atom is -0.399 e. The maximum Gasteiger partial charge on any atom is 0.243 e. The maximum atomic E-state index is 12.2. The highest BCUT2D eigenvalue weighted by atomic mass is 35.5. The summed E-state index contributed by atoms with van der Waals surface area (Å²) < 4.78 is 26.8. The Kier molecular flexibility index (Phi) is 4.49. The average Bonchev–Trinajstić information content (AvgIpc) is 2.36. The zero-order valence-corrected chi connectivity index (χ0v) is 12.5. The number of hydrogen-bond acceptors (Lipinski definition) is 4. The average molecular weight is 332 g/mol. The molecule has 0 unspecified atom stereocenters. The lowest BCUT2D eigenvalue weighted by Gasteiger charge is -2.10. The van der Waals surface area contributed by atoms with Crippen LogP contribution in [-0.4, -0.2) is 13.4 Å². The Labute approximate surface area is 126 Å². The Balaban J connectivity index is 2.28. The molecule has 1 aromatic heterocycles. The molecule has 106 valence electrons. The highest BCUT2D eigenvalue weighted by Gasteiger charge is 2.22. The third-order valence-corrected chi connectivity index (χ3v) is 4.78. The largest absolute Gasteiger partial charge is 0.399 e. The summed E-state index contributed by atoms with van der Waals surface area (Å²) in [6, 6.07) is 7.88. The van der Waals surface area contributed by atoms with Crippen LogP contribution in [0.1, 0.15) is 5.69 Å². The van der Waals surface area contributed by atoms with Gasteiger partial charge in [-0.05, 0) is 24.3 Å². The lowest BCUT2D eigenvalue weighted by molar-refractivity contribution is 0.580. The fourth-order valence-corrected chi connectivity index (χ4v) is 3.81. The van der Waals surface area contributed by atoms with E-state index in [4.69, 9.17) is 28.9 Å². The van der Waals surface area contributed by atoms with Gasteiger partial charge >= 0.3 is 0 Å². The van der Waals surface area contributed by atoms with Gasteiger partial charge in [-0.25, -0.2) is 13.1 Å². The molecule has 3 N–H and O–H groups in total.